The lowest BCUT2D eigenvalue weighted by Gasteiger charge is -1.84. The second-order valence-electron chi connectivity index (χ2n) is 1.96. The van der Waals surface area contributed by atoms with Gasteiger partial charge in [0.05, 0.1) is 11.7 Å². The predicted octanol–water partition coefficient (Wildman–Crippen LogP) is 0.663. The summed E-state index contributed by atoms with van der Waals surface area (Å²) in [5.74, 6) is 0.164. The summed E-state index contributed by atoms with van der Waals surface area (Å²) >= 11 is 0. The molecule has 0 saturated heterocycles. The lowest BCUT2D eigenvalue weighted by Crippen LogP contribution is -1.75. The highest BCUT2D eigenvalue weighted by molar-refractivity contribution is 5.80. The topological polar surface area (TPSA) is 61.8 Å². The zero-order valence-corrected chi connectivity index (χ0v) is 5.07. The third-order valence-electron chi connectivity index (χ3n) is 1.32. The zero-order chi connectivity index (χ0) is 6.97. The first kappa shape index (κ1) is 5.22. The first-order valence-corrected chi connectivity index (χ1v) is 2.84. The van der Waals surface area contributed by atoms with Crippen molar-refractivity contribution in [2.24, 2.45) is 0 Å². The fourth-order valence-corrected chi connectivity index (χ4v) is 0.854. The van der Waals surface area contributed by atoms with Crippen LogP contribution in [0.25, 0.3) is 11.0 Å². The molecule has 0 bridgehead atoms. The van der Waals surface area contributed by atoms with Gasteiger partial charge in [-0.3, -0.25) is 0 Å². The van der Waals surface area contributed by atoms with Crippen LogP contribution in [0.4, 0.5) is 0 Å². The number of nitrogens with zero attached hydrogens (tertiary/aromatic N) is 2. The lowest BCUT2D eigenvalue weighted by atomic mass is 10.4. The van der Waals surface area contributed by atoms with Gasteiger partial charge in [0.1, 0.15) is 11.8 Å². The van der Waals surface area contributed by atoms with Crippen molar-refractivity contribution in [3.05, 3.63) is 18.7 Å². The van der Waals surface area contributed by atoms with Crippen LogP contribution in [0.2, 0.25) is 0 Å². The van der Waals surface area contributed by atoms with Crippen LogP contribution in [-0.4, -0.2) is 20.1 Å². The predicted molar refractivity (Wildman–Crippen MR) is 35.6 cm³/mol. The number of nitrogens with one attached hydrogen (secondary N) is 1. The Labute approximate surface area is 56.6 Å². The summed E-state index contributed by atoms with van der Waals surface area (Å²) in [5.41, 5.74) is 1.31. The molecule has 0 aliphatic heterocycles. The summed E-state index contributed by atoms with van der Waals surface area (Å²) in [6.45, 7) is 0. The second-order valence-corrected chi connectivity index (χ2v) is 1.96. The highest BCUT2D eigenvalue weighted by Crippen LogP contribution is 2.18. The fraction of sp³-hybridized carbons (Fsp3) is 0. The molecule has 2 aromatic rings. The van der Waals surface area contributed by atoms with E-state index in [1.165, 1.54) is 12.5 Å². The van der Waals surface area contributed by atoms with E-state index < -0.39 is 0 Å². The quantitative estimate of drug-likeness (QED) is 0.557. The Morgan fingerprint density at radius 3 is 3.20 bits per heavy atom. The van der Waals surface area contributed by atoms with E-state index in [1.54, 1.807) is 6.20 Å². The van der Waals surface area contributed by atoms with Gasteiger partial charge < -0.3 is 10.1 Å². The van der Waals surface area contributed by atoms with E-state index in [4.69, 9.17) is 5.11 Å². The third-order valence-corrected chi connectivity index (χ3v) is 1.32. The van der Waals surface area contributed by atoms with E-state index >= 15 is 0 Å². The van der Waals surface area contributed by atoms with Crippen molar-refractivity contribution in [1.82, 2.24) is 15.0 Å². The van der Waals surface area contributed by atoms with Crippen molar-refractivity contribution in [3.8, 4) is 5.75 Å². The molecule has 0 amide bonds. The Morgan fingerprint density at radius 2 is 2.40 bits per heavy atom. The van der Waals surface area contributed by atoms with Gasteiger partial charge in [-0.2, -0.15) is 0 Å². The van der Waals surface area contributed by atoms with E-state index in [9.17, 15) is 0 Å². The molecule has 0 radical (unpaired) electrons. The molecule has 2 aromatic heterocycles. The number of H-pyrrole nitrogens is 1. The summed E-state index contributed by atoms with van der Waals surface area (Å²) in [7, 11) is 0. The highest BCUT2D eigenvalue weighted by atomic mass is 16.3. The number of hydrogen-bond acceptors (Lipinski definition) is 3. The summed E-state index contributed by atoms with van der Waals surface area (Å²) in [5, 5.41) is 9.09. The molecule has 0 aromatic carbocycles. The number of rotatable bonds is 0. The molecule has 0 atom stereocenters. The normalized spacial score (nSPS) is 10.4. The number of aromatic hydroxyl groups is 1. The smallest absolute Gasteiger partial charge is 0.159 e. The highest BCUT2D eigenvalue weighted by Gasteiger charge is 1.99. The molecular formula is C6H5N3O. The zero-order valence-electron chi connectivity index (χ0n) is 5.07. The van der Waals surface area contributed by atoms with Crippen LogP contribution in [-0.2, 0) is 0 Å². The molecule has 0 fully saturated rings. The molecule has 0 aliphatic carbocycles. The molecule has 50 valence electrons. The first-order chi connectivity index (χ1) is 4.88. The van der Waals surface area contributed by atoms with Gasteiger partial charge in [-0.05, 0) is 0 Å². The Morgan fingerprint density at radius 1 is 1.50 bits per heavy atom. The molecule has 10 heavy (non-hydrogen) atoms. The SMILES string of the molecule is Oc1c[nH]c2cncnc12. The van der Waals surface area contributed by atoms with Crippen molar-refractivity contribution < 1.29 is 5.11 Å². The molecule has 4 heteroatoms. The fourth-order valence-electron chi connectivity index (χ4n) is 0.854. The van der Waals surface area contributed by atoms with Gasteiger partial charge in [0, 0.05) is 6.20 Å². The minimum Gasteiger partial charge on any atom is -0.504 e. The van der Waals surface area contributed by atoms with Crippen LogP contribution in [0.15, 0.2) is 18.7 Å². The molecule has 4 nitrogen and oxygen atoms in total. The third kappa shape index (κ3) is 0.556. The van der Waals surface area contributed by atoms with Gasteiger partial charge in [0.15, 0.2) is 5.75 Å². The van der Waals surface area contributed by atoms with Crippen LogP contribution < -0.4 is 0 Å². The maximum atomic E-state index is 9.09. The molecular weight excluding hydrogens is 130 g/mol. The standard InChI is InChI=1S/C6H5N3O/c10-5-2-8-4-1-7-3-9-6(4)5/h1-3,8,10H. The van der Waals surface area contributed by atoms with Crippen LogP contribution in [0.1, 0.15) is 0 Å². The van der Waals surface area contributed by atoms with Gasteiger partial charge >= 0.3 is 0 Å². The molecule has 0 saturated carbocycles. The van der Waals surface area contributed by atoms with Crippen LogP contribution >= 0.6 is 0 Å². The number of hydrogen-bond donors (Lipinski definition) is 2. The van der Waals surface area contributed by atoms with Crippen molar-refractivity contribution >= 4 is 11.0 Å². The average Bonchev–Trinajstić information content (AvgIpc) is 2.34. The van der Waals surface area contributed by atoms with Crippen molar-refractivity contribution in [2.75, 3.05) is 0 Å². The van der Waals surface area contributed by atoms with E-state index in [-0.39, 0.29) is 5.75 Å². The Balaban J connectivity index is 2.93. The van der Waals surface area contributed by atoms with E-state index in [0.717, 1.165) is 5.52 Å². The van der Waals surface area contributed by atoms with Crippen LogP contribution in [0.3, 0.4) is 0 Å². The van der Waals surface area contributed by atoms with Crippen molar-refractivity contribution in [3.63, 3.8) is 0 Å². The summed E-state index contributed by atoms with van der Waals surface area (Å²) in [6.07, 6.45) is 4.50. The van der Waals surface area contributed by atoms with Gasteiger partial charge in [-0.25, -0.2) is 9.97 Å². The summed E-state index contributed by atoms with van der Waals surface area (Å²) in [4.78, 5) is 10.4. The summed E-state index contributed by atoms with van der Waals surface area (Å²) < 4.78 is 0. The van der Waals surface area contributed by atoms with Gasteiger partial charge in [-0.15, -0.1) is 0 Å². The second kappa shape index (κ2) is 1.70. The van der Waals surface area contributed by atoms with E-state index in [1.807, 2.05) is 0 Å². The molecule has 0 spiro atoms. The lowest BCUT2D eigenvalue weighted by molar-refractivity contribution is 0.480. The van der Waals surface area contributed by atoms with E-state index in [0.29, 0.717) is 5.52 Å². The Bertz CT molecular complexity index is 355. The van der Waals surface area contributed by atoms with Gasteiger partial charge in [0.2, 0.25) is 0 Å². The van der Waals surface area contributed by atoms with Crippen LogP contribution in [0.5, 0.6) is 5.75 Å². The van der Waals surface area contributed by atoms with Gasteiger partial charge in [-0.1, -0.05) is 0 Å². The number of aromatic nitrogens is 3. The Hall–Kier alpha value is -1.58. The maximum Gasteiger partial charge on any atom is 0.159 e. The maximum absolute atomic E-state index is 9.09. The average molecular weight is 135 g/mol. The van der Waals surface area contributed by atoms with Crippen molar-refractivity contribution in [1.29, 1.82) is 0 Å². The number of fused-ring (bicyclic) bond motifs is 1. The molecule has 2 N–H and O–H groups in total. The van der Waals surface area contributed by atoms with Gasteiger partial charge in [0.25, 0.3) is 0 Å². The minimum atomic E-state index is 0.164. The molecule has 2 rings (SSSR count). The Kier molecular flexibility index (Phi) is 0.887. The monoisotopic (exact) mass is 135 g/mol. The van der Waals surface area contributed by atoms with E-state index in [2.05, 4.69) is 15.0 Å². The minimum absolute atomic E-state index is 0.164. The largest absolute Gasteiger partial charge is 0.504 e. The molecule has 2 heterocycles. The van der Waals surface area contributed by atoms with Crippen LogP contribution in [0, 0.1) is 0 Å². The van der Waals surface area contributed by atoms with Crippen molar-refractivity contribution in [2.45, 2.75) is 0 Å². The molecule has 0 unspecified atom stereocenters. The summed E-state index contributed by atoms with van der Waals surface area (Å²) in [6, 6.07) is 0. The molecule has 0 aliphatic rings. The number of aromatic amines is 1. The first-order valence-electron chi connectivity index (χ1n) is 2.84.